The van der Waals surface area contributed by atoms with Crippen molar-refractivity contribution in [2.24, 2.45) is 5.92 Å². The Balaban J connectivity index is 2.86. The second-order valence-electron chi connectivity index (χ2n) is 5.92. The summed E-state index contributed by atoms with van der Waals surface area (Å²) in [5.74, 6) is 2.66. The fourth-order valence-corrected chi connectivity index (χ4v) is 3.48. The molecule has 0 aliphatic carbocycles. The first kappa shape index (κ1) is 17.5. The van der Waals surface area contributed by atoms with Gasteiger partial charge in [-0.2, -0.15) is 11.8 Å². The van der Waals surface area contributed by atoms with Gasteiger partial charge in [0.1, 0.15) is 5.82 Å². The van der Waals surface area contributed by atoms with Gasteiger partial charge in [-0.05, 0) is 55.7 Å². The minimum atomic E-state index is -0.0683. The van der Waals surface area contributed by atoms with Crippen LogP contribution in [0.2, 0.25) is 0 Å². The molecule has 1 rings (SSSR count). The molecule has 0 aromatic heterocycles. The van der Waals surface area contributed by atoms with Crippen LogP contribution in [0.3, 0.4) is 0 Å². The highest BCUT2D eigenvalue weighted by Gasteiger charge is 2.18. The van der Waals surface area contributed by atoms with Gasteiger partial charge >= 0.3 is 0 Å². The molecule has 0 aliphatic rings. The topological polar surface area (TPSA) is 12.0 Å². The third-order valence-corrected chi connectivity index (χ3v) is 4.68. The Labute approximate surface area is 127 Å². The van der Waals surface area contributed by atoms with E-state index in [0.717, 1.165) is 41.2 Å². The van der Waals surface area contributed by atoms with E-state index in [1.165, 1.54) is 0 Å². The highest BCUT2D eigenvalue weighted by atomic mass is 32.2. The van der Waals surface area contributed by atoms with Crippen molar-refractivity contribution in [2.45, 2.75) is 47.1 Å². The summed E-state index contributed by atoms with van der Waals surface area (Å²) in [6, 6.07) is 3.83. The van der Waals surface area contributed by atoms with Crippen molar-refractivity contribution in [3.05, 3.63) is 34.6 Å². The first-order valence-corrected chi connectivity index (χ1v) is 8.68. The smallest absolute Gasteiger partial charge is 0.128 e. The van der Waals surface area contributed by atoms with Crippen molar-refractivity contribution >= 4 is 11.8 Å². The molecule has 0 saturated carbocycles. The standard InChI is InChI=1S/C17H28FNS/c1-6-7-19-16(11-20-10-12(2)3)17-14(5)8-13(4)9-15(17)18/h8-9,12,16,19H,6-7,10-11H2,1-5H3. The Morgan fingerprint density at radius 3 is 2.45 bits per heavy atom. The van der Waals surface area contributed by atoms with E-state index in [-0.39, 0.29) is 11.9 Å². The molecule has 0 fully saturated rings. The van der Waals surface area contributed by atoms with Crippen molar-refractivity contribution in [3.63, 3.8) is 0 Å². The van der Waals surface area contributed by atoms with Gasteiger partial charge in [0, 0.05) is 17.4 Å². The van der Waals surface area contributed by atoms with Crippen molar-refractivity contribution < 1.29 is 4.39 Å². The van der Waals surface area contributed by atoms with E-state index in [0.29, 0.717) is 5.92 Å². The van der Waals surface area contributed by atoms with Gasteiger partial charge in [-0.1, -0.05) is 26.8 Å². The molecule has 1 nitrogen and oxygen atoms in total. The van der Waals surface area contributed by atoms with Gasteiger partial charge in [0.25, 0.3) is 0 Å². The van der Waals surface area contributed by atoms with E-state index >= 15 is 0 Å². The normalized spacial score (nSPS) is 12.9. The Bertz CT molecular complexity index is 394. The molecule has 0 radical (unpaired) electrons. The first-order valence-electron chi connectivity index (χ1n) is 7.53. The molecule has 0 aliphatic heterocycles. The van der Waals surface area contributed by atoms with Crippen LogP contribution in [0.15, 0.2) is 12.1 Å². The van der Waals surface area contributed by atoms with Crippen LogP contribution in [0.25, 0.3) is 0 Å². The van der Waals surface area contributed by atoms with Gasteiger partial charge < -0.3 is 5.32 Å². The van der Waals surface area contributed by atoms with Crippen LogP contribution < -0.4 is 5.32 Å². The number of hydrogen-bond acceptors (Lipinski definition) is 2. The number of benzene rings is 1. The summed E-state index contributed by atoms with van der Waals surface area (Å²) < 4.78 is 14.3. The average molecular weight is 297 g/mol. The summed E-state index contributed by atoms with van der Waals surface area (Å²) in [4.78, 5) is 0. The number of aryl methyl sites for hydroxylation is 2. The van der Waals surface area contributed by atoms with Crippen LogP contribution in [-0.4, -0.2) is 18.1 Å². The monoisotopic (exact) mass is 297 g/mol. The minimum Gasteiger partial charge on any atom is -0.309 e. The molecule has 1 unspecified atom stereocenters. The van der Waals surface area contributed by atoms with Crippen molar-refractivity contribution in [3.8, 4) is 0 Å². The minimum absolute atomic E-state index is 0.0683. The van der Waals surface area contributed by atoms with Crippen molar-refractivity contribution in [1.29, 1.82) is 0 Å². The van der Waals surface area contributed by atoms with Gasteiger partial charge in [0.05, 0.1) is 0 Å². The van der Waals surface area contributed by atoms with Gasteiger partial charge in [-0.15, -0.1) is 0 Å². The molecule has 1 aromatic rings. The highest BCUT2D eigenvalue weighted by Crippen LogP contribution is 2.26. The van der Waals surface area contributed by atoms with Gasteiger partial charge in [-0.3, -0.25) is 0 Å². The van der Waals surface area contributed by atoms with Crippen LogP contribution in [0, 0.1) is 25.6 Å². The summed E-state index contributed by atoms with van der Waals surface area (Å²) >= 11 is 1.91. The quantitative estimate of drug-likeness (QED) is 0.734. The zero-order chi connectivity index (χ0) is 15.1. The summed E-state index contributed by atoms with van der Waals surface area (Å²) in [5, 5.41) is 3.50. The number of thioether (sulfide) groups is 1. The number of hydrogen-bond donors (Lipinski definition) is 1. The molecule has 3 heteroatoms. The van der Waals surface area contributed by atoms with E-state index in [2.05, 4.69) is 32.2 Å². The zero-order valence-corrected chi connectivity index (χ0v) is 14.2. The Morgan fingerprint density at radius 2 is 1.90 bits per heavy atom. The molecule has 1 N–H and O–H groups in total. The lowest BCUT2D eigenvalue weighted by molar-refractivity contribution is 0.528. The maximum Gasteiger partial charge on any atom is 0.128 e. The molecule has 1 atom stereocenters. The molecule has 0 saturated heterocycles. The maximum atomic E-state index is 14.3. The Morgan fingerprint density at radius 1 is 1.20 bits per heavy atom. The fourth-order valence-electron chi connectivity index (χ4n) is 2.35. The third-order valence-electron chi connectivity index (χ3n) is 3.21. The predicted molar refractivity (Wildman–Crippen MR) is 89.1 cm³/mol. The van der Waals surface area contributed by atoms with Crippen molar-refractivity contribution in [1.82, 2.24) is 5.32 Å². The van der Waals surface area contributed by atoms with Crippen LogP contribution >= 0.6 is 11.8 Å². The molecule has 0 amide bonds. The van der Waals surface area contributed by atoms with E-state index in [1.54, 1.807) is 6.07 Å². The molecular weight excluding hydrogens is 269 g/mol. The number of rotatable bonds is 8. The van der Waals surface area contributed by atoms with E-state index in [1.807, 2.05) is 25.6 Å². The second-order valence-corrected chi connectivity index (χ2v) is 6.99. The van der Waals surface area contributed by atoms with Gasteiger partial charge in [-0.25, -0.2) is 4.39 Å². The molecule has 114 valence electrons. The lowest BCUT2D eigenvalue weighted by atomic mass is 9.99. The summed E-state index contributed by atoms with van der Waals surface area (Å²) in [6.07, 6.45) is 1.07. The van der Waals surface area contributed by atoms with Crippen LogP contribution in [0.4, 0.5) is 4.39 Å². The lowest BCUT2D eigenvalue weighted by Crippen LogP contribution is -2.26. The molecule has 0 heterocycles. The molecule has 0 bridgehead atoms. The third kappa shape index (κ3) is 5.45. The number of nitrogens with one attached hydrogen (secondary N) is 1. The SMILES string of the molecule is CCCNC(CSCC(C)C)c1c(C)cc(C)cc1F. The van der Waals surface area contributed by atoms with E-state index in [9.17, 15) is 4.39 Å². The largest absolute Gasteiger partial charge is 0.309 e. The van der Waals surface area contributed by atoms with Gasteiger partial charge in [0.2, 0.25) is 0 Å². The first-order chi connectivity index (χ1) is 9.45. The van der Waals surface area contributed by atoms with Crippen LogP contribution in [0.5, 0.6) is 0 Å². The molecule has 1 aromatic carbocycles. The van der Waals surface area contributed by atoms with Gasteiger partial charge in [0.15, 0.2) is 0 Å². The average Bonchev–Trinajstić information content (AvgIpc) is 2.33. The highest BCUT2D eigenvalue weighted by molar-refractivity contribution is 7.99. The summed E-state index contributed by atoms with van der Waals surface area (Å²) in [7, 11) is 0. The van der Waals surface area contributed by atoms with E-state index < -0.39 is 0 Å². The van der Waals surface area contributed by atoms with Crippen molar-refractivity contribution in [2.75, 3.05) is 18.1 Å². The zero-order valence-electron chi connectivity index (χ0n) is 13.4. The van der Waals surface area contributed by atoms with Crippen LogP contribution in [0.1, 0.15) is 49.9 Å². The molecule has 0 spiro atoms. The second kappa shape index (κ2) is 8.68. The molecular formula is C17H28FNS. The number of halogens is 1. The van der Waals surface area contributed by atoms with Crippen LogP contribution in [-0.2, 0) is 0 Å². The molecule has 20 heavy (non-hydrogen) atoms. The summed E-state index contributed by atoms with van der Waals surface area (Å²) in [6.45, 7) is 11.5. The lowest BCUT2D eigenvalue weighted by Gasteiger charge is -2.22. The Hall–Kier alpha value is -0.540. The summed E-state index contributed by atoms with van der Waals surface area (Å²) in [5.41, 5.74) is 2.90. The Kier molecular flexibility index (Phi) is 7.60. The fraction of sp³-hybridized carbons (Fsp3) is 0.647. The predicted octanol–water partition coefficient (Wildman–Crippen LogP) is 4.87. The maximum absolute atomic E-state index is 14.3. The van der Waals surface area contributed by atoms with E-state index in [4.69, 9.17) is 0 Å².